The van der Waals surface area contributed by atoms with Gasteiger partial charge in [-0.3, -0.25) is 4.79 Å². The molecule has 5 aromatic rings. The van der Waals surface area contributed by atoms with Gasteiger partial charge in [-0.2, -0.15) is 14.9 Å². The van der Waals surface area contributed by atoms with Crippen LogP contribution in [0.15, 0.2) is 90.4 Å². The van der Waals surface area contributed by atoms with Crippen LogP contribution in [0.3, 0.4) is 0 Å². The number of aromatic nitrogens is 7. The highest BCUT2D eigenvalue weighted by molar-refractivity contribution is 6.03. The van der Waals surface area contributed by atoms with Gasteiger partial charge in [0, 0.05) is 43.6 Å². The van der Waals surface area contributed by atoms with E-state index in [0.717, 1.165) is 35.2 Å². The van der Waals surface area contributed by atoms with Crippen LogP contribution in [0.2, 0.25) is 0 Å². The minimum Gasteiger partial charge on any atom is -0.378 e. The molecule has 2 aromatic carbocycles. The quantitative estimate of drug-likeness (QED) is 0.170. The van der Waals surface area contributed by atoms with Crippen LogP contribution in [0, 0.1) is 31.3 Å². The van der Waals surface area contributed by atoms with Gasteiger partial charge < -0.3 is 15.2 Å². The number of hydrogen-bond donors (Lipinski definition) is 2. The van der Waals surface area contributed by atoms with E-state index >= 15 is 13.2 Å². The maximum Gasteiger partial charge on any atom is 0.284 e. The number of pyridine rings is 3. The van der Waals surface area contributed by atoms with Crippen molar-refractivity contribution in [2.45, 2.75) is 58.2 Å². The van der Waals surface area contributed by atoms with E-state index in [0.29, 0.717) is 28.5 Å². The molecule has 1 aliphatic carbocycles. The molecule has 0 radical (unpaired) electrons. The average Bonchev–Trinajstić information content (AvgIpc) is 3.80. The Morgan fingerprint density at radius 2 is 1.65 bits per heavy atom. The minimum absolute atomic E-state index is 0.150. The van der Waals surface area contributed by atoms with Gasteiger partial charge in [-0.25, -0.2) is 27.8 Å². The number of benzene rings is 2. The van der Waals surface area contributed by atoms with Gasteiger partial charge in [0.25, 0.3) is 5.56 Å². The molecule has 2 N–H and O–H groups in total. The van der Waals surface area contributed by atoms with Crippen molar-refractivity contribution in [2.75, 3.05) is 10.6 Å². The number of hydrogen-bond acceptors (Lipinski definition) is 7. The number of fused-ring (bicyclic) bond motifs is 3. The molecule has 1 unspecified atom stereocenters. The van der Waals surface area contributed by atoms with Crippen LogP contribution in [-0.2, 0) is 6.54 Å². The third kappa shape index (κ3) is 5.77. The zero-order valence-corrected chi connectivity index (χ0v) is 27.9. The maximum absolute atomic E-state index is 16.0. The van der Waals surface area contributed by atoms with Gasteiger partial charge in [0.05, 0.1) is 33.9 Å². The summed E-state index contributed by atoms with van der Waals surface area (Å²) in [5.74, 6) is -1.72. The van der Waals surface area contributed by atoms with Gasteiger partial charge in [-0.1, -0.05) is 25.0 Å². The molecule has 0 saturated heterocycles. The van der Waals surface area contributed by atoms with Crippen molar-refractivity contribution in [1.82, 2.24) is 34.1 Å². The van der Waals surface area contributed by atoms with Crippen molar-refractivity contribution in [2.24, 2.45) is 0 Å². The smallest absolute Gasteiger partial charge is 0.284 e. The third-order valence-corrected chi connectivity index (χ3v) is 9.72. The summed E-state index contributed by atoms with van der Waals surface area (Å²) in [4.78, 5) is 22.5. The standard InChI is InChI=1S/C38H34F3N9O/c1-22-14-17-42-36(32(22)40)46-28-6-3-4-7-29(28)48-21-26-34(47-50(38(26)51)37-33(41)23(2)15-18-43-37)31-30(48)13-12-27(39)35(31)44-20-24-8-10-25(11-9-24)49-19-5-16-45-49/h5,8-19,21,28-29,44H,3-4,6-7,20H2,1-2H3,(H,42,46)/t28-,29?/m0/s1. The number of nitrogens with zero attached hydrogens (tertiary/aromatic N) is 7. The SMILES string of the molecule is Cc1ccnc(N[C@H]2CCCCC2n2cc3c(=O)n(-c4nccc(C)c4F)nc-3c3c(NCc4ccc(-n5cccn5)cc4)c(F)ccc32)c1F. The first-order chi connectivity index (χ1) is 24.8. The van der Waals surface area contributed by atoms with Gasteiger partial charge in [0.2, 0.25) is 0 Å². The Hall–Kier alpha value is -5.98. The summed E-state index contributed by atoms with van der Waals surface area (Å²) >= 11 is 0. The zero-order chi connectivity index (χ0) is 35.2. The van der Waals surface area contributed by atoms with Crippen molar-refractivity contribution < 1.29 is 13.2 Å². The fraction of sp³-hybridized carbons (Fsp3) is 0.237. The zero-order valence-electron chi connectivity index (χ0n) is 27.9. The van der Waals surface area contributed by atoms with Crippen LogP contribution in [0.25, 0.3) is 33.7 Å². The number of anilines is 2. The fourth-order valence-electron chi connectivity index (χ4n) is 7.02. The Morgan fingerprint density at radius 1 is 0.882 bits per heavy atom. The van der Waals surface area contributed by atoms with E-state index in [1.165, 1.54) is 18.3 Å². The van der Waals surface area contributed by atoms with Gasteiger partial charge in [0.15, 0.2) is 23.3 Å². The van der Waals surface area contributed by atoms with Gasteiger partial charge in [-0.15, -0.1) is 0 Å². The number of nitrogens with one attached hydrogen (secondary N) is 2. The molecule has 10 nitrogen and oxygen atoms in total. The summed E-state index contributed by atoms with van der Waals surface area (Å²) < 4.78 is 51.2. The summed E-state index contributed by atoms with van der Waals surface area (Å²) in [7, 11) is 0. The lowest BCUT2D eigenvalue weighted by Crippen LogP contribution is -2.35. The predicted octanol–water partition coefficient (Wildman–Crippen LogP) is 7.51. The topological polar surface area (TPSA) is 107 Å². The molecule has 3 aromatic heterocycles. The van der Waals surface area contributed by atoms with Crippen LogP contribution in [0.4, 0.5) is 24.7 Å². The van der Waals surface area contributed by atoms with Crippen molar-refractivity contribution in [3.05, 3.63) is 130 Å². The molecule has 8 rings (SSSR count). The van der Waals surface area contributed by atoms with Crippen LogP contribution in [0.1, 0.15) is 48.4 Å². The highest BCUT2D eigenvalue weighted by Crippen LogP contribution is 2.40. The molecule has 51 heavy (non-hydrogen) atoms. The van der Waals surface area contributed by atoms with Gasteiger partial charge in [0.1, 0.15) is 11.5 Å². The summed E-state index contributed by atoms with van der Waals surface area (Å²) in [5.41, 5.74) is 3.09. The molecule has 0 spiro atoms. The van der Waals surface area contributed by atoms with E-state index in [1.54, 1.807) is 49.3 Å². The number of aryl methyl sites for hydroxylation is 2. The van der Waals surface area contributed by atoms with Gasteiger partial charge in [-0.05, 0) is 85.8 Å². The van der Waals surface area contributed by atoms with Crippen molar-refractivity contribution >= 4 is 22.4 Å². The molecule has 1 saturated carbocycles. The van der Waals surface area contributed by atoms with Crippen molar-refractivity contribution in [3.63, 3.8) is 0 Å². The molecule has 0 bridgehead atoms. The van der Waals surface area contributed by atoms with E-state index in [4.69, 9.17) is 0 Å². The summed E-state index contributed by atoms with van der Waals surface area (Å²) in [6, 6.07) is 15.2. The fourth-order valence-corrected chi connectivity index (χ4v) is 7.02. The normalized spacial score (nSPS) is 16.2. The number of rotatable bonds is 8. The lowest BCUT2D eigenvalue weighted by Gasteiger charge is -2.36. The molecule has 2 aliphatic heterocycles. The molecule has 0 amide bonds. The molecule has 13 heteroatoms. The molecular weight excluding hydrogens is 655 g/mol. The molecule has 3 aliphatic rings. The van der Waals surface area contributed by atoms with Crippen LogP contribution < -0.4 is 16.2 Å². The highest BCUT2D eigenvalue weighted by Gasteiger charge is 2.32. The molecular formula is C38H34F3N9O. The highest BCUT2D eigenvalue weighted by atomic mass is 19.1. The Balaban J connectivity index is 1.28. The summed E-state index contributed by atoms with van der Waals surface area (Å²) in [6.45, 7) is 3.53. The second-order valence-electron chi connectivity index (χ2n) is 13.0. The first kappa shape index (κ1) is 32.2. The van der Waals surface area contributed by atoms with E-state index in [9.17, 15) is 4.79 Å². The van der Waals surface area contributed by atoms with E-state index in [2.05, 4.69) is 30.8 Å². The average molecular weight is 690 g/mol. The monoisotopic (exact) mass is 689 g/mol. The van der Waals surface area contributed by atoms with Crippen LogP contribution >= 0.6 is 0 Å². The molecule has 258 valence electrons. The first-order valence-corrected chi connectivity index (χ1v) is 16.9. The van der Waals surface area contributed by atoms with E-state index < -0.39 is 23.0 Å². The Labute approximate surface area is 290 Å². The van der Waals surface area contributed by atoms with Crippen LogP contribution in [0.5, 0.6) is 0 Å². The van der Waals surface area contributed by atoms with Crippen LogP contribution in [-0.4, -0.2) is 40.1 Å². The summed E-state index contributed by atoms with van der Waals surface area (Å²) in [6.07, 6.45) is 11.5. The second kappa shape index (κ2) is 13.0. The molecule has 1 fully saturated rings. The van der Waals surface area contributed by atoms with E-state index in [-0.39, 0.29) is 47.2 Å². The number of halogens is 3. The third-order valence-electron chi connectivity index (χ3n) is 9.72. The Kier molecular flexibility index (Phi) is 8.25. The lowest BCUT2D eigenvalue weighted by molar-refractivity contribution is 0.327. The van der Waals surface area contributed by atoms with Crippen molar-refractivity contribution in [1.29, 1.82) is 0 Å². The molecule has 5 heterocycles. The Bertz CT molecular complexity index is 2400. The van der Waals surface area contributed by atoms with Gasteiger partial charge >= 0.3 is 0 Å². The Morgan fingerprint density at radius 3 is 2.43 bits per heavy atom. The first-order valence-electron chi connectivity index (χ1n) is 16.9. The predicted molar refractivity (Wildman–Crippen MR) is 189 cm³/mol. The minimum atomic E-state index is -0.674. The second-order valence-corrected chi connectivity index (χ2v) is 13.0. The van der Waals surface area contributed by atoms with E-state index in [1.807, 2.05) is 41.1 Å². The lowest BCUT2D eigenvalue weighted by atomic mass is 9.89. The largest absolute Gasteiger partial charge is 0.378 e. The summed E-state index contributed by atoms with van der Waals surface area (Å²) in [5, 5.41) is 15.9. The van der Waals surface area contributed by atoms with Crippen molar-refractivity contribution in [3.8, 4) is 22.8 Å². The maximum atomic E-state index is 16.0. The molecule has 2 atom stereocenters.